The van der Waals surface area contributed by atoms with Gasteiger partial charge >= 0.3 is 28.0 Å². The first kappa shape index (κ1) is 97.1. The minimum atomic E-state index is -0.489. The van der Waals surface area contributed by atoms with Crippen molar-refractivity contribution in [3.8, 4) is 0 Å². The Balaban J connectivity index is 0.000000318. The van der Waals surface area contributed by atoms with E-state index < -0.39 is 5.60 Å². The second-order valence-corrected chi connectivity index (χ2v) is 31.6. The van der Waals surface area contributed by atoms with Crippen LogP contribution in [0.25, 0.3) is 12.2 Å². The first-order chi connectivity index (χ1) is 51.0. The molecular formula is C77H107B3Cl6IN10O12. The molecule has 6 aliphatic rings. The topological polar surface area (TPSA) is 277 Å². The third-order valence-corrected chi connectivity index (χ3v) is 19.2. The molecule has 0 spiro atoms. The van der Waals surface area contributed by atoms with E-state index in [1.807, 2.05) is 150 Å². The van der Waals surface area contributed by atoms with Crippen molar-refractivity contribution in [2.24, 2.45) is 0 Å². The smallest absolute Gasteiger partial charge is 0.490 e. The van der Waals surface area contributed by atoms with Gasteiger partial charge in [0.1, 0.15) is 36.5 Å². The molecule has 0 atom stereocenters. The van der Waals surface area contributed by atoms with Gasteiger partial charge < -0.3 is 68.8 Å². The molecule has 1 radical (unpaired) electrons. The van der Waals surface area contributed by atoms with E-state index >= 15 is 0 Å². The van der Waals surface area contributed by atoms with E-state index in [2.05, 4.69) is 76.0 Å². The Labute approximate surface area is 691 Å². The molecule has 22 nitrogen and oxygen atoms in total. The van der Waals surface area contributed by atoms with Crippen LogP contribution in [-0.4, -0.2) is 130 Å². The summed E-state index contributed by atoms with van der Waals surface area (Å²) in [5.74, 6) is 3.58. The molecular weight excluding hydrogens is 1630 g/mol. The summed E-state index contributed by atoms with van der Waals surface area (Å²) in [6.07, 6.45) is 27.5. The number of anilines is 4. The highest BCUT2D eigenvalue weighted by atomic mass is 127. The fraction of sp³-hybridized carbons (Fsp3) is 0.468. The molecule has 6 aromatic heterocycles. The summed E-state index contributed by atoms with van der Waals surface area (Å²) in [6.45, 7) is 44.2. The van der Waals surface area contributed by atoms with Gasteiger partial charge in [-0.1, -0.05) is 88.3 Å². The van der Waals surface area contributed by atoms with Crippen LogP contribution in [0.2, 0.25) is 30.9 Å². The zero-order valence-electron chi connectivity index (χ0n) is 66.1. The number of fused-ring (bicyclic) bond motifs is 3. The molecule has 0 aromatic carbocycles. The van der Waals surface area contributed by atoms with E-state index in [1.54, 1.807) is 103 Å². The first-order valence-corrected chi connectivity index (χ1v) is 38.7. The second-order valence-electron chi connectivity index (χ2n) is 28.1. The number of nitrogens with zero attached hydrogens (tertiary/aromatic N) is 7. The first-order valence-electron chi connectivity index (χ1n) is 35.4. The number of amides is 1. The normalized spacial score (nSPS) is 16.7. The van der Waals surface area contributed by atoms with Gasteiger partial charge in [-0.3, -0.25) is 4.90 Å². The van der Waals surface area contributed by atoms with E-state index in [9.17, 15) is 4.79 Å². The summed E-state index contributed by atoms with van der Waals surface area (Å²) in [6, 6.07) is 12.1. The van der Waals surface area contributed by atoms with Crippen molar-refractivity contribution >= 4 is 155 Å². The summed E-state index contributed by atoms with van der Waals surface area (Å²) >= 11 is 35.9. The highest BCUT2D eigenvalue weighted by molar-refractivity contribution is 14.1. The van der Waals surface area contributed by atoms with Crippen LogP contribution in [0.1, 0.15) is 171 Å². The van der Waals surface area contributed by atoms with Crippen molar-refractivity contribution in [2.45, 2.75) is 203 Å². The Bertz CT molecular complexity index is 3810. The Hall–Kier alpha value is -6.11. The van der Waals surface area contributed by atoms with E-state index in [4.69, 9.17) is 134 Å². The van der Waals surface area contributed by atoms with E-state index in [1.165, 1.54) is 55.5 Å². The summed E-state index contributed by atoms with van der Waals surface area (Å²) in [5.41, 5.74) is 24.3. The van der Waals surface area contributed by atoms with Gasteiger partial charge in [-0.2, -0.15) is 0 Å². The zero-order chi connectivity index (χ0) is 82.0. The zero-order valence-corrected chi connectivity index (χ0v) is 72.8. The van der Waals surface area contributed by atoms with Gasteiger partial charge in [0.2, 0.25) is 0 Å². The third-order valence-electron chi connectivity index (χ3n) is 17.0. The number of aromatic nitrogens is 6. The SMILES string of the molecule is C=COCC.CC(C)(C)OC(=O)N1CCc2cnc(Cl)cc21.CC1(C)O[B]OC1(C)C.CCO/C=C/B1OC(C)(C)C(C)(C)O1.CCO/C=C/B1OC(C)(C)C(C)(C)O1.CCO/C=C/c1cnc(Cl)cc1N.Clc1cc2c(cn1)C=CC2.Clc1cc2c(cn1)CCC2.Nc1cc(Cl)ncc1I.Nc1ccnc(Cl)c1. The number of rotatable bonds is 11. The number of aryl methyl sites for hydroxylation is 2. The van der Waals surface area contributed by atoms with Gasteiger partial charge in [-0.15, -0.1) is 0 Å². The lowest BCUT2D eigenvalue weighted by molar-refractivity contribution is 0.00578. The average Bonchev–Trinajstić information content (AvgIpc) is 1.65. The monoisotopic (exact) mass is 1730 g/mol. The van der Waals surface area contributed by atoms with Crippen molar-refractivity contribution in [3.63, 3.8) is 0 Å². The fourth-order valence-electron chi connectivity index (χ4n) is 8.98. The Morgan fingerprint density at radius 2 is 1.02 bits per heavy atom. The minimum Gasteiger partial charge on any atom is -0.502 e. The van der Waals surface area contributed by atoms with Gasteiger partial charge in [0, 0.05) is 66.4 Å². The van der Waals surface area contributed by atoms with Crippen molar-refractivity contribution < 1.29 is 56.4 Å². The van der Waals surface area contributed by atoms with Crippen LogP contribution < -0.4 is 22.1 Å². The molecule has 32 heteroatoms. The molecule has 10 heterocycles. The molecule has 0 bridgehead atoms. The lowest BCUT2D eigenvalue weighted by Crippen LogP contribution is -2.41. The van der Waals surface area contributed by atoms with Gasteiger partial charge in [0.15, 0.2) is 0 Å². The summed E-state index contributed by atoms with van der Waals surface area (Å²) < 4.78 is 59.4. The van der Waals surface area contributed by atoms with Crippen molar-refractivity contribution in [3.05, 3.63) is 197 Å². The number of hydrogen-bond donors (Lipinski definition) is 3. The van der Waals surface area contributed by atoms with Crippen molar-refractivity contribution in [1.82, 2.24) is 29.9 Å². The number of halogens is 7. The molecule has 4 aliphatic heterocycles. The quantitative estimate of drug-likeness (QED) is 0.0470. The van der Waals surface area contributed by atoms with Crippen LogP contribution in [0.5, 0.6) is 0 Å². The Kier molecular flexibility index (Phi) is 41.7. The molecule has 109 heavy (non-hydrogen) atoms. The van der Waals surface area contributed by atoms with Gasteiger partial charge in [0.25, 0.3) is 0 Å². The molecule has 2 aliphatic carbocycles. The highest BCUT2D eigenvalue weighted by Gasteiger charge is 2.51. The van der Waals surface area contributed by atoms with Gasteiger partial charge in [-0.05, 0) is 275 Å². The standard InChI is InChI=1S/C12H15ClN2O2.2C10H19BO3.C9H11ClN2O.C8H8ClN.C8H6ClN.C6H12BO2.C5H4ClIN2.C5H5ClN2.C4H8O/c1-12(2,3)17-11(16)15-5-4-8-7-14-10(13)6-9(8)15;2*1-6-12-8-7-11-13-9(2,3)10(4,5)14-11;1-2-13-4-3-7-6-12-9(10)5-8(7)11;2*9-8-4-6-2-1-3-7(6)5-10-8;1-5(2)6(3,4)9-7-8-5;6-5-1-4(8)3(7)2-9-5;6-5-3-4(7)1-2-8-5;1-3-5-4-2/h6-7H,4-5H2,1-3H3;2*7-8H,6H2,1-5H3;3-6H,2H2,1H3,(H2,11,12);4-5H,1-3H2;1,3-5H,2H2;1-4H3;1-2H,(H2,8,9);1-3H,(H2,7,8);3H,1,4H2,2H3/b;2*8-7+;4-3+;;;;;;. The van der Waals surface area contributed by atoms with Crippen LogP contribution >= 0.6 is 92.2 Å². The number of carbonyl (C=O) groups excluding carboxylic acids is 1. The third kappa shape index (κ3) is 34.8. The minimum absolute atomic E-state index is 0.187. The summed E-state index contributed by atoms with van der Waals surface area (Å²) in [7, 11) is 0.818. The largest absolute Gasteiger partial charge is 0.502 e. The lowest BCUT2D eigenvalue weighted by Gasteiger charge is -2.32. The number of carbonyl (C=O) groups is 1. The Morgan fingerprint density at radius 3 is 1.46 bits per heavy atom. The van der Waals surface area contributed by atoms with Crippen LogP contribution in [0.4, 0.5) is 27.5 Å². The van der Waals surface area contributed by atoms with Crippen LogP contribution in [0.3, 0.4) is 0 Å². The van der Waals surface area contributed by atoms with Crippen molar-refractivity contribution in [2.75, 3.05) is 55.1 Å². The van der Waals surface area contributed by atoms with Crippen LogP contribution in [-0.2, 0) is 77.3 Å². The van der Waals surface area contributed by atoms with E-state index in [-0.39, 0.29) is 53.9 Å². The Morgan fingerprint density at radius 1 is 0.569 bits per heavy atom. The second kappa shape index (κ2) is 46.8. The molecule has 6 N–H and O–H groups in total. The average molecular weight is 1740 g/mol. The molecule has 595 valence electrons. The molecule has 6 aromatic rings. The molecule has 1 amide bonds. The molecule has 3 fully saturated rings. The predicted molar refractivity (Wildman–Crippen MR) is 456 cm³/mol. The number of pyridine rings is 6. The summed E-state index contributed by atoms with van der Waals surface area (Å²) in [5, 5.41) is 2.87. The molecule has 12 rings (SSSR count). The number of ether oxygens (including phenoxy) is 5. The fourth-order valence-corrected chi connectivity index (χ4v) is 10.3. The van der Waals surface area contributed by atoms with E-state index in [0.29, 0.717) is 74.3 Å². The maximum Gasteiger partial charge on any atom is 0.490 e. The molecule has 0 unspecified atom stereocenters. The predicted octanol–water partition coefficient (Wildman–Crippen LogP) is 19.8. The van der Waals surface area contributed by atoms with Crippen molar-refractivity contribution in [1.29, 1.82) is 0 Å². The van der Waals surface area contributed by atoms with Gasteiger partial charge in [0.05, 0.1) is 94.3 Å². The number of nitrogens with two attached hydrogens (primary N) is 3. The number of hydrogen-bond acceptors (Lipinski definition) is 21. The maximum atomic E-state index is 12.0. The number of nitrogen functional groups attached to an aromatic ring is 3. The number of allylic oxidation sites excluding steroid dienone is 1. The molecule has 0 saturated carbocycles. The molecule has 3 saturated heterocycles. The van der Waals surface area contributed by atoms with Gasteiger partial charge in [-0.25, -0.2) is 34.7 Å². The van der Waals surface area contributed by atoms with Crippen LogP contribution in [0, 0.1) is 3.57 Å². The van der Waals surface area contributed by atoms with E-state index in [0.717, 1.165) is 39.8 Å². The highest BCUT2D eigenvalue weighted by Crippen LogP contribution is 2.39. The maximum absolute atomic E-state index is 12.0. The van der Waals surface area contributed by atoms with Crippen LogP contribution in [0.15, 0.2) is 129 Å². The summed E-state index contributed by atoms with van der Waals surface area (Å²) in [4.78, 5) is 37.0. The lowest BCUT2D eigenvalue weighted by atomic mass is 9.90.